The van der Waals surface area contributed by atoms with Gasteiger partial charge >= 0.3 is 5.97 Å². The van der Waals surface area contributed by atoms with Crippen LogP contribution in [-0.2, 0) is 6.42 Å². The summed E-state index contributed by atoms with van der Waals surface area (Å²) in [5, 5.41) is 9.80. The summed E-state index contributed by atoms with van der Waals surface area (Å²) >= 11 is 0. The second-order valence-electron chi connectivity index (χ2n) is 5.02. The van der Waals surface area contributed by atoms with Crippen molar-refractivity contribution in [1.29, 1.82) is 0 Å². The summed E-state index contributed by atoms with van der Waals surface area (Å²) in [5.74, 6) is 0.655. The highest BCUT2D eigenvalue weighted by molar-refractivity contribution is 5.96. The Morgan fingerprint density at radius 2 is 2.09 bits per heavy atom. The zero-order valence-corrected chi connectivity index (χ0v) is 12.8. The molecule has 0 aliphatic heterocycles. The van der Waals surface area contributed by atoms with Crippen molar-refractivity contribution in [2.24, 2.45) is 0 Å². The molecule has 0 spiro atoms. The summed E-state index contributed by atoms with van der Waals surface area (Å²) in [6, 6.07) is 8.77. The third-order valence-corrected chi connectivity index (χ3v) is 3.51. The molecule has 0 atom stereocenters. The SMILES string of the molecule is CCc1ccc(Oc2cc(OC)c3[nH]c(C(=O)O)cc3c2)cn1. The quantitative estimate of drug-likeness (QED) is 0.751. The number of aromatic amines is 1. The number of rotatable bonds is 5. The predicted octanol–water partition coefficient (Wildman–Crippen LogP) is 3.62. The van der Waals surface area contributed by atoms with Crippen molar-refractivity contribution < 1.29 is 19.4 Å². The van der Waals surface area contributed by atoms with Crippen molar-refractivity contribution in [2.45, 2.75) is 13.3 Å². The van der Waals surface area contributed by atoms with E-state index in [4.69, 9.17) is 14.6 Å². The van der Waals surface area contributed by atoms with Gasteiger partial charge in [-0.1, -0.05) is 6.92 Å². The van der Waals surface area contributed by atoms with E-state index < -0.39 is 5.97 Å². The highest BCUT2D eigenvalue weighted by Crippen LogP contribution is 2.33. The molecule has 2 aromatic heterocycles. The van der Waals surface area contributed by atoms with Gasteiger partial charge in [0, 0.05) is 17.1 Å². The Labute approximate surface area is 132 Å². The van der Waals surface area contributed by atoms with E-state index in [1.54, 1.807) is 24.4 Å². The van der Waals surface area contributed by atoms with Crippen molar-refractivity contribution in [2.75, 3.05) is 7.11 Å². The van der Waals surface area contributed by atoms with E-state index in [2.05, 4.69) is 9.97 Å². The van der Waals surface area contributed by atoms with Gasteiger partial charge in [-0.25, -0.2) is 4.79 Å². The van der Waals surface area contributed by atoms with Crippen molar-refractivity contribution in [3.05, 3.63) is 47.9 Å². The van der Waals surface area contributed by atoms with Crippen LogP contribution < -0.4 is 9.47 Å². The van der Waals surface area contributed by atoms with Gasteiger partial charge in [-0.05, 0) is 30.7 Å². The number of aryl methyl sites for hydroxylation is 1. The molecule has 1 aromatic carbocycles. The number of ether oxygens (including phenoxy) is 2. The molecule has 0 saturated carbocycles. The van der Waals surface area contributed by atoms with Crippen LogP contribution in [0.15, 0.2) is 36.5 Å². The number of H-pyrrole nitrogens is 1. The molecule has 0 amide bonds. The molecule has 0 unspecified atom stereocenters. The van der Waals surface area contributed by atoms with Gasteiger partial charge in [-0.3, -0.25) is 4.98 Å². The average Bonchev–Trinajstić information content (AvgIpc) is 2.99. The van der Waals surface area contributed by atoms with Gasteiger partial charge in [-0.15, -0.1) is 0 Å². The minimum absolute atomic E-state index is 0.101. The largest absolute Gasteiger partial charge is 0.494 e. The van der Waals surface area contributed by atoms with Gasteiger partial charge in [0.2, 0.25) is 0 Å². The van der Waals surface area contributed by atoms with Crippen LogP contribution in [0.5, 0.6) is 17.2 Å². The van der Waals surface area contributed by atoms with E-state index in [1.165, 1.54) is 7.11 Å². The Bertz CT molecular complexity index is 853. The molecule has 0 saturated heterocycles. The third-order valence-electron chi connectivity index (χ3n) is 3.51. The number of fused-ring (bicyclic) bond motifs is 1. The summed E-state index contributed by atoms with van der Waals surface area (Å²) < 4.78 is 11.1. The van der Waals surface area contributed by atoms with E-state index in [9.17, 15) is 4.79 Å². The van der Waals surface area contributed by atoms with E-state index in [1.807, 2.05) is 19.1 Å². The van der Waals surface area contributed by atoms with Crippen molar-refractivity contribution in [3.8, 4) is 17.2 Å². The molecule has 3 aromatic rings. The lowest BCUT2D eigenvalue weighted by Gasteiger charge is -2.09. The van der Waals surface area contributed by atoms with Crippen LogP contribution in [0, 0.1) is 0 Å². The number of aromatic carboxylic acids is 1. The second kappa shape index (κ2) is 6.00. The molecule has 3 rings (SSSR count). The number of nitrogens with zero attached hydrogens (tertiary/aromatic N) is 1. The molecule has 6 nitrogen and oxygen atoms in total. The first kappa shape index (κ1) is 14.9. The van der Waals surface area contributed by atoms with Gasteiger partial charge in [-0.2, -0.15) is 0 Å². The maximum atomic E-state index is 11.1. The second-order valence-corrected chi connectivity index (χ2v) is 5.02. The first-order valence-electron chi connectivity index (χ1n) is 7.17. The third kappa shape index (κ3) is 2.96. The summed E-state index contributed by atoms with van der Waals surface area (Å²) in [4.78, 5) is 18.2. The van der Waals surface area contributed by atoms with Crippen LogP contribution in [-0.4, -0.2) is 28.2 Å². The van der Waals surface area contributed by atoms with E-state index in [-0.39, 0.29) is 5.69 Å². The monoisotopic (exact) mass is 312 g/mol. The molecule has 2 heterocycles. The fourth-order valence-corrected chi connectivity index (χ4v) is 2.34. The number of aromatic nitrogens is 2. The normalized spacial score (nSPS) is 10.7. The molecular weight excluding hydrogens is 296 g/mol. The lowest BCUT2D eigenvalue weighted by atomic mass is 10.2. The molecule has 6 heteroatoms. The minimum atomic E-state index is -1.02. The fourth-order valence-electron chi connectivity index (χ4n) is 2.34. The summed E-state index contributed by atoms with van der Waals surface area (Å²) in [6.45, 7) is 2.04. The van der Waals surface area contributed by atoms with Crippen molar-refractivity contribution in [1.82, 2.24) is 9.97 Å². The number of carboxylic acid groups (broad SMARTS) is 1. The standard InChI is InChI=1S/C17H16N2O4/c1-3-11-4-5-12(9-18-11)23-13-6-10-7-14(17(20)21)19-16(10)15(8-13)22-2/h4-9,19H,3H2,1-2H3,(H,20,21). The molecule has 0 bridgehead atoms. The Hall–Kier alpha value is -3.02. The molecule has 2 N–H and O–H groups in total. The highest BCUT2D eigenvalue weighted by atomic mass is 16.5. The number of pyridine rings is 1. The number of carbonyl (C=O) groups is 1. The zero-order chi connectivity index (χ0) is 16.4. The maximum Gasteiger partial charge on any atom is 0.352 e. The van der Waals surface area contributed by atoms with E-state index in [0.717, 1.165) is 12.1 Å². The smallest absolute Gasteiger partial charge is 0.352 e. The Balaban J connectivity index is 1.98. The molecule has 0 aliphatic rings. The maximum absolute atomic E-state index is 11.1. The van der Waals surface area contributed by atoms with Gasteiger partial charge in [0.05, 0.1) is 18.8 Å². The average molecular weight is 312 g/mol. The number of hydrogen-bond donors (Lipinski definition) is 2. The lowest BCUT2D eigenvalue weighted by Crippen LogP contribution is -1.95. The zero-order valence-electron chi connectivity index (χ0n) is 12.8. The molecule has 23 heavy (non-hydrogen) atoms. The minimum Gasteiger partial charge on any atom is -0.494 e. The topological polar surface area (TPSA) is 84.4 Å². The molecular formula is C17H16N2O4. The molecule has 0 fully saturated rings. The first-order chi connectivity index (χ1) is 11.1. The van der Waals surface area contributed by atoms with Gasteiger partial charge in [0.25, 0.3) is 0 Å². The summed E-state index contributed by atoms with van der Waals surface area (Å²) in [5.41, 5.74) is 1.71. The van der Waals surface area contributed by atoms with Crippen LogP contribution in [0.3, 0.4) is 0 Å². The Morgan fingerprint density at radius 3 is 2.70 bits per heavy atom. The van der Waals surface area contributed by atoms with Crippen molar-refractivity contribution >= 4 is 16.9 Å². The number of nitrogens with one attached hydrogen (secondary N) is 1. The Morgan fingerprint density at radius 1 is 1.26 bits per heavy atom. The molecule has 0 radical (unpaired) electrons. The number of carboxylic acids is 1. The lowest BCUT2D eigenvalue weighted by molar-refractivity contribution is 0.0691. The molecule has 118 valence electrons. The number of benzene rings is 1. The first-order valence-corrected chi connectivity index (χ1v) is 7.17. The van der Waals surface area contributed by atoms with Gasteiger partial charge < -0.3 is 19.6 Å². The Kier molecular flexibility index (Phi) is 3.89. The van der Waals surface area contributed by atoms with Crippen LogP contribution in [0.4, 0.5) is 0 Å². The predicted molar refractivity (Wildman–Crippen MR) is 85.5 cm³/mol. The van der Waals surface area contributed by atoms with Gasteiger partial charge in [0.1, 0.15) is 22.9 Å². The van der Waals surface area contributed by atoms with Crippen LogP contribution >= 0.6 is 0 Å². The van der Waals surface area contributed by atoms with Crippen LogP contribution in [0.25, 0.3) is 10.9 Å². The highest BCUT2D eigenvalue weighted by Gasteiger charge is 2.13. The van der Waals surface area contributed by atoms with E-state index >= 15 is 0 Å². The molecule has 0 aliphatic carbocycles. The number of hydrogen-bond acceptors (Lipinski definition) is 4. The summed E-state index contributed by atoms with van der Waals surface area (Å²) in [7, 11) is 1.53. The van der Waals surface area contributed by atoms with E-state index in [0.29, 0.717) is 28.2 Å². The number of methoxy groups -OCH3 is 1. The summed E-state index contributed by atoms with van der Waals surface area (Å²) in [6.07, 6.45) is 2.52. The van der Waals surface area contributed by atoms with Crippen LogP contribution in [0.1, 0.15) is 23.1 Å². The van der Waals surface area contributed by atoms with Gasteiger partial charge in [0.15, 0.2) is 0 Å². The fraction of sp³-hybridized carbons (Fsp3) is 0.176. The van der Waals surface area contributed by atoms with Crippen molar-refractivity contribution in [3.63, 3.8) is 0 Å². The van der Waals surface area contributed by atoms with Crippen LogP contribution in [0.2, 0.25) is 0 Å².